The molecule has 1 aromatic heterocycles. The molecule has 2 N–H and O–H groups in total. The van der Waals surface area contributed by atoms with E-state index in [1.54, 1.807) is 11.3 Å². The molecule has 106 valence electrons. The van der Waals surface area contributed by atoms with E-state index in [0.29, 0.717) is 18.4 Å². The number of carbonyl (C=O) groups is 1. The fraction of sp³-hybridized carbons (Fsp3) is 0.643. The number of hydrogen-bond acceptors (Lipinski definition) is 4. The minimum atomic E-state index is -0.440. The quantitative estimate of drug-likeness (QED) is 0.896. The van der Waals surface area contributed by atoms with Gasteiger partial charge in [0.15, 0.2) is 0 Å². The van der Waals surface area contributed by atoms with Crippen LogP contribution in [0.3, 0.4) is 0 Å². The molecule has 1 fully saturated rings. The van der Waals surface area contributed by atoms with Crippen LogP contribution in [-0.2, 0) is 4.74 Å². The lowest BCUT2D eigenvalue weighted by atomic mass is 9.91. The van der Waals surface area contributed by atoms with Crippen molar-refractivity contribution >= 4 is 17.4 Å². The highest BCUT2D eigenvalue weighted by Crippen LogP contribution is 2.29. The van der Waals surface area contributed by atoms with E-state index in [-0.39, 0.29) is 6.09 Å². The Morgan fingerprint density at radius 2 is 2.32 bits per heavy atom. The molecule has 5 heteroatoms. The molecule has 1 saturated heterocycles. The van der Waals surface area contributed by atoms with Gasteiger partial charge in [-0.1, -0.05) is 0 Å². The van der Waals surface area contributed by atoms with E-state index in [2.05, 4.69) is 27.5 Å². The molecule has 0 radical (unpaired) electrons. The maximum Gasteiger partial charge on any atom is 0.407 e. The van der Waals surface area contributed by atoms with Gasteiger partial charge in [0.2, 0.25) is 0 Å². The van der Waals surface area contributed by atoms with Crippen molar-refractivity contribution in [2.45, 2.75) is 32.3 Å². The summed E-state index contributed by atoms with van der Waals surface area (Å²) in [5, 5.41) is 10.6. The van der Waals surface area contributed by atoms with E-state index >= 15 is 0 Å². The molecule has 0 aromatic carbocycles. The van der Waals surface area contributed by atoms with Gasteiger partial charge in [0.05, 0.1) is 0 Å². The fourth-order valence-corrected chi connectivity index (χ4v) is 3.08. The smallest absolute Gasteiger partial charge is 0.407 e. The van der Waals surface area contributed by atoms with Crippen LogP contribution in [0.25, 0.3) is 0 Å². The summed E-state index contributed by atoms with van der Waals surface area (Å²) in [6.07, 6.45) is -0.330. The van der Waals surface area contributed by atoms with Crippen LogP contribution in [0.5, 0.6) is 0 Å². The number of hydrogen-bond donors (Lipinski definition) is 2. The Bertz CT molecular complexity index is 412. The Labute approximate surface area is 118 Å². The maximum absolute atomic E-state index is 11.7. The lowest BCUT2D eigenvalue weighted by Gasteiger charge is -2.22. The lowest BCUT2D eigenvalue weighted by molar-refractivity contribution is 0.0519. The zero-order valence-corrected chi connectivity index (χ0v) is 12.5. The van der Waals surface area contributed by atoms with E-state index in [9.17, 15) is 4.79 Å². The summed E-state index contributed by atoms with van der Waals surface area (Å²) in [6.45, 7) is 8.20. The molecule has 4 nitrogen and oxygen atoms in total. The lowest BCUT2D eigenvalue weighted by Crippen LogP contribution is -2.36. The second-order valence-electron chi connectivity index (χ2n) is 5.96. The summed E-state index contributed by atoms with van der Waals surface area (Å²) >= 11 is 1.72. The Kier molecular flexibility index (Phi) is 4.47. The van der Waals surface area contributed by atoms with Crippen LogP contribution < -0.4 is 10.6 Å². The van der Waals surface area contributed by atoms with Gasteiger partial charge in [-0.3, -0.25) is 0 Å². The Hall–Kier alpha value is -1.07. The van der Waals surface area contributed by atoms with Gasteiger partial charge in [0.1, 0.15) is 5.60 Å². The molecule has 2 unspecified atom stereocenters. The van der Waals surface area contributed by atoms with Crippen molar-refractivity contribution in [1.29, 1.82) is 0 Å². The summed E-state index contributed by atoms with van der Waals surface area (Å²) in [4.78, 5) is 11.7. The molecule has 1 aromatic rings. The summed E-state index contributed by atoms with van der Waals surface area (Å²) in [6, 6.07) is 2.17. The van der Waals surface area contributed by atoms with Crippen LogP contribution in [-0.4, -0.2) is 31.3 Å². The molecule has 0 saturated carbocycles. The Morgan fingerprint density at radius 3 is 2.95 bits per heavy atom. The average molecular weight is 282 g/mol. The Morgan fingerprint density at radius 1 is 1.53 bits per heavy atom. The van der Waals surface area contributed by atoms with Gasteiger partial charge in [-0.05, 0) is 49.1 Å². The fourth-order valence-electron chi connectivity index (χ4n) is 2.35. The topological polar surface area (TPSA) is 50.4 Å². The number of rotatable bonds is 3. The van der Waals surface area contributed by atoms with Crippen LogP contribution in [0, 0.1) is 5.92 Å². The second-order valence-corrected chi connectivity index (χ2v) is 6.74. The van der Waals surface area contributed by atoms with E-state index in [4.69, 9.17) is 4.74 Å². The molecular weight excluding hydrogens is 260 g/mol. The van der Waals surface area contributed by atoms with Crippen molar-refractivity contribution < 1.29 is 9.53 Å². The summed E-state index contributed by atoms with van der Waals surface area (Å²) in [5.41, 5.74) is 0.927. The highest BCUT2D eigenvalue weighted by Gasteiger charge is 2.29. The number of nitrogens with one attached hydrogen (secondary N) is 2. The number of amides is 1. The highest BCUT2D eigenvalue weighted by molar-refractivity contribution is 7.07. The minimum Gasteiger partial charge on any atom is -0.444 e. The van der Waals surface area contributed by atoms with Gasteiger partial charge >= 0.3 is 6.09 Å². The number of carbonyl (C=O) groups excluding carboxylic acids is 1. The average Bonchev–Trinajstić information content (AvgIpc) is 2.94. The molecule has 0 spiro atoms. The van der Waals surface area contributed by atoms with Crippen LogP contribution >= 0.6 is 11.3 Å². The van der Waals surface area contributed by atoms with E-state index in [1.807, 2.05) is 20.8 Å². The predicted octanol–water partition coefficient (Wildman–Crippen LogP) is 2.58. The third kappa shape index (κ3) is 4.21. The zero-order valence-electron chi connectivity index (χ0n) is 11.7. The van der Waals surface area contributed by atoms with E-state index in [0.717, 1.165) is 13.1 Å². The highest BCUT2D eigenvalue weighted by atomic mass is 32.1. The third-order valence-electron chi connectivity index (χ3n) is 3.22. The molecular formula is C14H22N2O2S. The van der Waals surface area contributed by atoms with Crippen molar-refractivity contribution in [3.05, 3.63) is 22.4 Å². The summed E-state index contributed by atoms with van der Waals surface area (Å²) in [7, 11) is 0. The largest absolute Gasteiger partial charge is 0.444 e. The van der Waals surface area contributed by atoms with Crippen molar-refractivity contribution in [1.82, 2.24) is 10.6 Å². The molecule has 1 aliphatic rings. The van der Waals surface area contributed by atoms with Gasteiger partial charge in [-0.25, -0.2) is 4.79 Å². The molecule has 0 bridgehead atoms. The first-order valence-corrected chi connectivity index (χ1v) is 7.59. The van der Waals surface area contributed by atoms with Crippen LogP contribution in [0.1, 0.15) is 32.3 Å². The van der Waals surface area contributed by atoms with E-state index in [1.165, 1.54) is 5.56 Å². The van der Waals surface area contributed by atoms with Gasteiger partial charge < -0.3 is 15.4 Å². The molecule has 1 aliphatic heterocycles. The van der Waals surface area contributed by atoms with Crippen molar-refractivity contribution in [2.75, 3.05) is 19.6 Å². The Balaban J connectivity index is 1.84. The second kappa shape index (κ2) is 5.92. The molecule has 19 heavy (non-hydrogen) atoms. The first-order chi connectivity index (χ1) is 8.96. The maximum atomic E-state index is 11.7. The molecule has 1 amide bonds. The van der Waals surface area contributed by atoms with Gasteiger partial charge in [-0.15, -0.1) is 0 Å². The first-order valence-electron chi connectivity index (χ1n) is 6.65. The van der Waals surface area contributed by atoms with Crippen LogP contribution in [0.4, 0.5) is 4.79 Å². The number of thiophene rings is 1. The van der Waals surface area contributed by atoms with Gasteiger partial charge in [0.25, 0.3) is 0 Å². The zero-order chi connectivity index (χ0) is 13.9. The van der Waals surface area contributed by atoms with Gasteiger partial charge in [-0.2, -0.15) is 11.3 Å². The van der Waals surface area contributed by atoms with Crippen LogP contribution in [0.15, 0.2) is 16.8 Å². The van der Waals surface area contributed by atoms with Crippen molar-refractivity contribution in [3.63, 3.8) is 0 Å². The van der Waals surface area contributed by atoms with Crippen molar-refractivity contribution in [3.8, 4) is 0 Å². The minimum absolute atomic E-state index is 0.330. The third-order valence-corrected chi connectivity index (χ3v) is 3.92. The standard InChI is InChI=1S/C14H22N2O2S/c1-14(2,3)18-13(17)16-7-11-6-15-8-12(11)10-4-5-19-9-10/h4-5,9,11-12,15H,6-8H2,1-3H3,(H,16,17). The predicted molar refractivity (Wildman–Crippen MR) is 77.7 cm³/mol. The van der Waals surface area contributed by atoms with Gasteiger partial charge in [0, 0.05) is 25.6 Å². The summed E-state index contributed by atoms with van der Waals surface area (Å²) in [5.74, 6) is 0.920. The first kappa shape index (κ1) is 14.3. The molecule has 0 aliphatic carbocycles. The van der Waals surface area contributed by atoms with Crippen molar-refractivity contribution in [2.24, 2.45) is 5.92 Å². The molecule has 2 atom stereocenters. The summed E-state index contributed by atoms with van der Waals surface area (Å²) < 4.78 is 5.26. The van der Waals surface area contributed by atoms with Crippen LogP contribution in [0.2, 0.25) is 0 Å². The van der Waals surface area contributed by atoms with E-state index < -0.39 is 5.60 Å². The monoisotopic (exact) mass is 282 g/mol. The SMILES string of the molecule is CC(C)(C)OC(=O)NCC1CNCC1c1ccsc1. The molecule has 2 rings (SSSR count). The number of alkyl carbamates (subject to hydrolysis) is 1. The normalized spacial score (nSPS) is 23.3. The number of ether oxygens (including phenoxy) is 1. The molecule has 2 heterocycles.